The highest BCUT2D eigenvalue weighted by atomic mass is 35.5. The van der Waals surface area contributed by atoms with Gasteiger partial charge in [0.15, 0.2) is 17.4 Å². The normalized spacial score (nSPS) is 17.7. The van der Waals surface area contributed by atoms with E-state index in [1.807, 2.05) is 0 Å². The number of nitrogens with zero attached hydrogens (tertiary/aromatic N) is 1. The molecule has 4 rings (SSSR count). The molecule has 0 aliphatic carbocycles. The Hall–Kier alpha value is -3.13. The van der Waals surface area contributed by atoms with E-state index in [-0.39, 0.29) is 59.2 Å². The standard InChI is InChI=1S/C25H27ClF2N4O6S/c1-39(35,36)30-12-16-4-2-14(13-38-16)8-9-37-22-19(28)6-7-20-21(22)24(33)32-23(31-20)25(34)29-11-15-3-5-18(27)17(26)10-15/h3,5-7,10,14,16,30H,2,4,8-9,11-13H2,1H3,(H,29,34)(H,31,32,33). The zero-order chi connectivity index (χ0) is 28.2. The molecule has 2 aromatic carbocycles. The zero-order valence-electron chi connectivity index (χ0n) is 20.9. The van der Waals surface area contributed by atoms with Crippen molar-refractivity contribution in [1.82, 2.24) is 20.0 Å². The van der Waals surface area contributed by atoms with Crippen molar-refractivity contribution in [2.45, 2.75) is 31.9 Å². The molecule has 3 N–H and O–H groups in total. The molecular weight excluding hydrogens is 558 g/mol. The fraction of sp³-hybridized carbons (Fsp3) is 0.400. The topological polar surface area (TPSA) is 139 Å². The summed E-state index contributed by atoms with van der Waals surface area (Å²) in [5.74, 6) is -2.44. The minimum Gasteiger partial charge on any atom is -0.490 e. The number of fused-ring (bicyclic) bond motifs is 1. The largest absolute Gasteiger partial charge is 0.490 e. The molecule has 1 fully saturated rings. The molecule has 14 heteroatoms. The van der Waals surface area contributed by atoms with Crippen molar-refractivity contribution in [2.75, 3.05) is 26.0 Å². The average molecular weight is 585 g/mol. The molecule has 3 aromatic rings. The number of nitrogens with one attached hydrogen (secondary N) is 3. The van der Waals surface area contributed by atoms with Crippen molar-refractivity contribution in [3.8, 4) is 5.75 Å². The predicted molar refractivity (Wildman–Crippen MR) is 140 cm³/mol. The number of amides is 1. The molecule has 1 saturated heterocycles. The van der Waals surface area contributed by atoms with E-state index < -0.39 is 33.1 Å². The number of H-pyrrole nitrogens is 1. The first-order chi connectivity index (χ1) is 18.5. The summed E-state index contributed by atoms with van der Waals surface area (Å²) < 4.78 is 64.2. The fourth-order valence-electron chi connectivity index (χ4n) is 4.16. The Morgan fingerprint density at radius 2 is 2.00 bits per heavy atom. The number of carbonyl (C=O) groups is 1. The first-order valence-electron chi connectivity index (χ1n) is 12.1. The van der Waals surface area contributed by atoms with Gasteiger partial charge in [0.1, 0.15) is 11.2 Å². The quantitative estimate of drug-likeness (QED) is 0.333. The van der Waals surface area contributed by atoms with Crippen LogP contribution < -0.4 is 20.3 Å². The summed E-state index contributed by atoms with van der Waals surface area (Å²) in [6.45, 7) is 0.734. The lowest BCUT2D eigenvalue weighted by Gasteiger charge is -2.29. The van der Waals surface area contributed by atoms with Gasteiger partial charge in [0, 0.05) is 19.7 Å². The van der Waals surface area contributed by atoms with Crippen LogP contribution in [0.3, 0.4) is 0 Å². The van der Waals surface area contributed by atoms with E-state index >= 15 is 0 Å². The van der Waals surface area contributed by atoms with E-state index in [1.165, 1.54) is 24.3 Å². The smallest absolute Gasteiger partial charge is 0.287 e. The second-order valence-electron chi connectivity index (χ2n) is 9.27. The Morgan fingerprint density at radius 1 is 1.23 bits per heavy atom. The highest BCUT2D eigenvalue weighted by molar-refractivity contribution is 7.88. The minimum atomic E-state index is -3.29. The average Bonchev–Trinajstić information content (AvgIpc) is 2.89. The van der Waals surface area contributed by atoms with Crippen LogP contribution in [0.2, 0.25) is 5.02 Å². The number of rotatable bonds is 10. The first kappa shape index (κ1) is 28.9. The summed E-state index contributed by atoms with van der Waals surface area (Å²) in [7, 11) is -3.29. The molecule has 1 aromatic heterocycles. The molecule has 2 unspecified atom stereocenters. The number of carbonyl (C=O) groups excluding carboxylic acids is 1. The second-order valence-corrected chi connectivity index (χ2v) is 11.5. The summed E-state index contributed by atoms with van der Waals surface area (Å²) in [6.07, 6.45) is 2.85. The van der Waals surface area contributed by atoms with Gasteiger partial charge in [0.05, 0.1) is 29.5 Å². The van der Waals surface area contributed by atoms with Gasteiger partial charge in [-0.2, -0.15) is 0 Å². The van der Waals surface area contributed by atoms with Crippen LogP contribution in [-0.2, 0) is 21.3 Å². The number of sulfonamides is 1. The van der Waals surface area contributed by atoms with Crippen molar-refractivity contribution < 1.29 is 31.5 Å². The number of halogens is 3. The summed E-state index contributed by atoms with van der Waals surface area (Å²) in [6, 6.07) is 6.39. The lowest BCUT2D eigenvalue weighted by molar-refractivity contribution is -0.0169. The highest BCUT2D eigenvalue weighted by Crippen LogP contribution is 2.27. The van der Waals surface area contributed by atoms with Gasteiger partial charge < -0.3 is 19.8 Å². The highest BCUT2D eigenvalue weighted by Gasteiger charge is 2.23. The van der Waals surface area contributed by atoms with Crippen LogP contribution in [0.1, 0.15) is 35.4 Å². The maximum atomic E-state index is 14.6. The van der Waals surface area contributed by atoms with Gasteiger partial charge in [0.2, 0.25) is 10.0 Å². The van der Waals surface area contributed by atoms with Crippen molar-refractivity contribution in [2.24, 2.45) is 5.92 Å². The van der Waals surface area contributed by atoms with Crippen LogP contribution in [0.25, 0.3) is 10.9 Å². The molecule has 0 spiro atoms. The lowest BCUT2D eigenvalue weighted by Crippen LogP contribution is -2.37. The van der Waals surface area contributed by atoms with Gasteiger partial charge in [-0.05, 0) is 55.0 Å². The Bertz CT molecular complexity index is 1530. The first-order valence-corrected chi connectivity index (χ1v) is 14.4. The Morgan fingerprint density at radius 3 is 2.69 bits per heavy atom. The third-order valence-corrected chi connectivity index (χ3v) is 7.22. The molecule has 0 saturated carbocycles. The molecule has 1 amide bonds. The van der Waals surface area contributed by atoms with E-state index in [2.05, 4.69) is 20.0 Å². The molecule has 10 nitrogen and oxygen atoms in total. The summed E-state index contributed by atoms with van der Waals surface area (Å²) in [5.41, 5.74) is -0.126. The maximum absolute atomic E-state index is 14.6. The number of hydrogen-bond acceptors (Lipinski definition) is 7. The molecule has 0 radical (unpaired) electrons. The monoisotopic (exact) mass is 584 g/mol. The SMILES string of the molecule is CS(=O)(=O)NCC1CCC(CCOc2c(F)ccc3nc(C(=O)NCc4ccc(F)c(Cl)c4)[nH]c(=O)c23)CO1. The van der Waals surface area contributed by atoms with E-state index in [9.17, 15) is 26.8 Å². The fourth-order valence-corrected chi connectivity index (χ4v) is 4.86. The minimum absolute atomic E-state index is 0.0121. The Balaban J connectivity index is 1.37. The van der Waals surface area contributed by atoms with E-state index in [0.29, 0.717) is 25.0 Å². The molecule has 2 atom stereocenters. The van der Waals surface area contributed by atoms with Gasteiger partial charge >= 0.3 is 0 Å². The van der Waals surface area contributed by atoms with Crippen molar-refractivity contribution in [3.63, 3.8) is 0 Å². The summed E-state index contributed by atoms with van der Waals surface area (Å²) >= 11 is 5.75. The van der Waals surface area contributed by atoms with Gasteiger partial charge in [0.25, 0.3) is 11.5 Å². The number of ether oxygens (including phenoxy) is 2. The van der Waals surface area contributed by atoms with Gasteiger partial charge in [-0.1, -0.05) is 17.7 Å². The van der Waals surface area contributed by atoms with Crippen LogP contribution in [-0.4, -0.2) is 56.4 Å². The van der Waals surface area contributed by atoms with Gasteiger partial charge in [-0.3, -0.25) is 9.59 Å². The molecule has 1 aliphatic heterocycles. The van der Waals surface area contributed by atoms with Crippen molar-refractivity contribution >= 4 is 38.4 Å². The molecule has 0 bridgehead atoms. The number of aromatic amines is 1. The van der Waals surface area contributed by atoms with Crippen LogP contribution in [0, 0.1) is 17.6 Å². The van der Waals surface area contributed by atoms with Crippen LogP contribution in [0.4, 0.5) is 8.78 Å². The zero-order valence-corrected chi connectivity index (χ0v) is 22.5. The predicted octanol–water partition coefficient (Wildman–Crippen LogP) is 2.90. The lowest BCUT2D eigenvalue weighted by atomic mass is 9.96. The van der Waals surface area contributed by atoms with Gasteiger partial charge in [-0.25, -0.2) is 26.9 Å². The third kappa shape index (κ3) is 7.72. The van der Waals surface area contributed by atoms with Crippen LogP contribution >= 0.6 is 11.6 Å². The summed E-state index contributed by atoms with van der Waals surface area (Å²) in [5, 5.41) is 2.36. The van der Waals surface area contributed by atoms with E-state index in [4.69, 9.17) is 21.1 Å². The Kier molecular flexibility index (Phi) is 9.15. The van der Waals surface area contributed by atoms with Crippen molar-refractivity contribution in [3.05, 3.63) is 68.7 Å². The van der Waals surface area contributed by atoms with Gasteiger partial charge in [-0.15, -0.1) is 0 Å². The molecule has 1 aliphatic rings. The van der Waals surface area contributed by atoms with Crippen LogP contribution in [0.5, 0.6) is 5.75 Å². The summed E-state index contributed by atoms with van der Waals surface area (Å²) in [4.78, 5) is 31.9. The van der Waals surface area contributed by atoms with E-state index in [1.54, 1.807) is 0 Å². The number of hydrogen-bond donors (Lipinski definition) is 3. The molecule has 210 valence electrons. The van der Waals surface area contributed by atoms with Crippen LogP contribution in [0.15, 0.2) is 35.1 Å². The Labute approximate surface area is 228 Å². The maximum Gasteiger partial charge on any atom is 0.287 e. The van der Waals surface area contributed by atoms with E-state index in [0.717, 1.165) is 18.7 Å². The van der Waals surface area contributed by atoms with Crippen molar-refractivity contribution in [1.29, 1.82) is 0 Å². The number of aromatic nitrogens is 2. The molecule has 39 heavy (non-hydrogen) atoms. The third-order valence-electron chi connectivity index (χ3n) is 6.24. The number of benzene rings is 2. The molecular formula is C25H27ClF2N4O6S. The molecule has 2 heterocycles. The second kappa shape index (κ2) is 12.4.